The van der Waals surface area contributed by atoms with Crippen LogP contribution in [0.5, 0.6) is 0 Å². The molecule has 5 heteroatoms. The first-order valence-electron chi connectivity index (χ1n) is 9.27. The van der Waals surface area contributed by atoms with Crippen LogP contribution in [0.25, 0.3) is 5.69 Å². The van der Waals surface area contributed by atoms with Crippen LogP contribution in [0, 0.1) is 11.7 Å². The number of hydrogen-bond donors (Lipinski definition) is 0. The molecule has 0 atom stereocenters. The van der Waals surface area contributed by atoms with Crippen molar-refractivity contribution < 1.29 is 9.18 Å². The molecule has 0 unspecified atom stereocenters. The second kappa shape index (κ2) is 8.71. The van der Waals surface area contributed by atoms with Gasteiger partial charge in [-0.05, 0) is 48.1 Å². The summed E-state index contributed by atoms with van der Waals surface area (Å²) in [6.07, 6.45) is 4.34. The molecule has 0 saturated heterocycles. The molecule has 0 aliphatic heterocycles. The van der Waals surface area contributed by atoms with Crippen molar-refractivity contribution in [2.24, 2.45) is 5.92 Å². The van der Waals surface area contributed by atoms with Crippen molar-refractivity contribution >= 4 is 5.78 Å². The molecule has 3 rings (SSSR count). The first-order valence-corrected chi connectivity index (χ1v) is 9.27. The summed E-state index contributed by atoms with van der Waals surface area (Å²) < 4.78 is 15.4. The van der Waals surface area contributed by atoms with Crippen LogP contribution in [0.1, 0.15) is 37.1 Å². The van der Waals surface area contributed by atoms with Gasteiger partial charge in [0.1, 0.15) is 11.6 Å². The van der Waals surface area contributed by atoms with Gasteiger partial charge in [-0.15, -0.1) is 5.10 Å². The standard InChI is InChI=1S/C22H24FN3O/c1-16(2)7-10-19-15-26(25-24-19)20-11-8-17(9-12-20)13-21(27)14-18-5-3-4-6-22(18)23/h3-6,8-9,11-12,15-16H,7,10,13-14H2,1-2H3. The Labute approximate surface area is 159 Å². The van der Waals surface area contributed by atoms with Crippen LogP contribution in [-0.2, 0) is 24.1 Å². The van der Waals surface area contributed by atoms with E-state index in [1.54, 1.807) is 22.9 Å². The van der Waals surface area contributed by atoms with Crippen LogP contribution in [0.4, 0.5) is 4.39 Å². The molecular formula is C22H24FN3O. The molecule has 1 heterocycles. The minimum Gasteiger partial charge on any atom is -0.299 e. The van der Waals surface area contributed by atoms with Crippen molar-refractivity contribution in [1.29, 1.82) is 0 Å². The Hall–Kier alpha value is -2.82. The summed E-state index contributed by atoms with van der Waals surface area (Å²) in [4.78, 5) is 12.2. The molecule has 2 aromatic carbocycles. The summed E-state index contributed by atoms with van der Waals surface area (Å²) in [5.74, 6) is 0.293. The highest BCUT2D eigenvalue weighted by Crippen LogP contribution is 2.13. The topological polar surface area (TPSA) is 47.8 Å². The number of benzene rings is 2. The van der Waals surface area contributed by atoms with Crippen LogP contribution in [0.3, 0.4) is 0 Å². The predicted octanol–water partition coefficient (Wildman–Crippen LogP) is 4.35. The fourth-order valence-electron chi connectivity index (χ4n) is 2.89. The lowest BCUT2D eigenvalue weighted by Crippen LogP contribution is -2.08. The van der Waals surface area contributed by atoms with Crippen LogP contribution in [-0.4, -0.2) is 20.8 Å². The summed E-state index contributed by atoms with van der Waals surface area (Å²) in [5.41, 5.74) is 3.23. The first-order chi connectivity index (χ1) is 13.0. The first kappa shape index (κ1) is 19.0. The van der Waals surface area contributed by atoms with E-state index in [4.69, 9.17) is 0 Å². The number of hydrogen-bond acceptors (Lipinski definition) is 3. The number of halogens is 1. The average molecular weight is 365 g/mol. The molecule has 0 aliphatic carbocycles. The molecule has 0 aliphatic rings. The van der Waals surface area contributed by atoms with Gasteiger partial charge in [-0.3, -0.25) is 4.79 Å². The molecule has 0 N–H and O–H groups in total. The molecular weight excluding hydrogens is 341 g/mol. The minimum absolute atomic E-state index is 0.00965. The smallest absolute Gasteiger partial charge is 0.141 e. The highest BCUT2D eigenvalue weighted by atomic mass is 19.1. The third-order valence-corrected chi connectivity index (χ3v) is 4.47. The fourth-order valence-corrected chi connectivity index (χ4v) is 2.89. The molecule has 27 heavy (non-hydrogen) atoms. The minimum atomic E-state index is -0.333. The van der Waals surface area contributed by atoms with E-state index >= 15 is 0 Å². The predicted molar refractivity (Wildman–Crippen MR) is 103 cm³/mol. The molecule has 0 radical (unpaired) electrons. The summed E-state index contributed by atoms with van der Waals surface area (Å²) in [7, 11) is 0. The number of carbonyl (C=O) groups excluding carboxylic acids is 1. The number of aromatic nitrogens is 3. The normalized spacial score (nSPS) is 11.1. The van der Waals surface area contributed by atoms with Gasteiger partial charge in [-0.25, -0.2) is 9.07 Å². The molecule has 0 spiro atoms. The van der Waals surface area contributed by atoms with Crippen molar-refractivity contribution in [2.45, 2.75) is 39.5 Å². The Bertz CT molecular complexity index is 900. The van der Waals surface area contributed by atoms with Gasteiger partial charge in [0.15, 0.2) is 0 Å². The molecule has 4 nitrogen and oxygen atoms in total. The summed E-state index contributed by atoms with van der Waals surface area (Å²) in [6, 6.07) is 14.1. The lowest BCUT2D eigenvalue weighted by atomic mass is 10.0. The van der Waals surface area contributed by atoms with Crippen molar-refractivity contribution in [1.82, 2.24) is 15.0 Å². The number of nitrogens with zero attached hydrogens (tertiary/aromatic N) is 3. The zero-order valence-corrected chi connectivity index (χ0v) is 15.7. The number of rotatable bonds is 8. The van der Waals surface area contributed by atoms with Gasteiger partial charge in [-0.1, -0.05) is 49.4 Å². The van der Waals surface area contributed by atoms with Gasteiger partial charge in [0.05, 0.1) is 17.6 Å². The van der Waals surface area contributed by atoms with Gasteiger partial charge in [0.25, 0.3) is 0 Å². The summed E-state index contributed by atoms with van der Waals surface area (Å²) in [6.45, 7) is 4.38. The second-order valence-electron chi connectivity index (χ2n) is 7.24. The van der Waals surface area contributed by atoms with Crippen molar-refractivity contribution in [3.05, 3.63) is 77.4 Å². The Morgan fingerprint density at radius 2 is 1.81 bits per heavy atom. The van der Waals surface area contributed by atoms with Crippen molar-refractivity contribution in [3.8, 4) is 5.69 Å². The van der Waals surface area contributed by atoms with Crippen molar-refractivity contribution in [2.75, 3.05) is 0 Å². The maximum atomic E-state index is 13.7. The number of Topliss-reactive ketones (excluding diaryl/α,β-unsaturated/α-hetero) is 1. The summed E-state index contributed by atoms with van der Waals surface area (Å²) >= 11 is 0. The van der Waals surface area contributed by atoms with Crippen molar-refractivity contribution in [3.63, 3.8) is 0 Å². The largest absolute Gasteiger partial charge is 0.299 e. The van der Waals surface area contributed by atoms with E-state index < -0.39 is 0 Å². The zero-order chi connectivity index (χ0) is 19.2. The van der Waals surface area contributed by atoms with Gasteiger partial charge >= 0.3 is 0 Å². The SMILES string of the molecule is CC(C)CCc1cn(-c2ccc(CC(=O)Cc3ccccc3F)cc2)nn1. The van der Waals surface area contributed by atoms with E-state index in [-0.39, 0.29) is 24.4 Å². The maximum absolute atomic E-state index is 13.7. The Balaban J connectivity index is 1.60. The van der Waals surface area contributed by atoms with Crippen LogP contribution >= 0.6 is 0 Å². The second-order valence-corrected chi connectivity index (χ2v) is 7.24. The average Bonchev–Trinajstić information content (AvgIpc) is 3.11. The summed E-state index contributed by atoms with van der Waals surface area (Å²) in [5, 5.41) is 8.39. The van der Waals surface area contributed by atoms with Crippen LogP contribution in [0.15, 0.2) is 54.7 Å². The quantitative estimate of drug-likeness (QED) is 0.596. The molecule has 0 saturated carbocycles. The van der Waals surface area contributed by atoms with E-state index in [1.165, 1.54) is 6.07 Å². The van der Waals surface area contributed by atoms with E-state index in [9.17, 15) is 9.18 Å². The molecule has 0 amide bonds. The van der Waals surface area contributed by atoms with Crippen LogP contribution < -0.4 is 0 Å². The third-order valence-electron chi connectivity index (χ3n) is 4.47. The molecule has 3 aromatic rings. The molecule has 1 aromatic heterocycles. The Morgan fingerprint density at radius 1 is 1.07 bits per heavy atom. The zero-order valence-electron chi connectivity index (χ0n) is 15.7. The third kappa shape index (κ3) is 5.33. The fraction of sp³-hybridized carbons (Fsp3) is 0.318. The van der Waals surface area contributed by atoms with E-state index in [1.807, 2.05) is 30.5 Å². The molecule has 140 valence electrons. The Morgan fingerprint density at radius 3 is 2.52 bits per heavy atom. The van der Waals surface area contributed by atoms with Crippen LogP contribution in [0.2, 0.25) is 0 Å². The van der Waals surface area contributed by atoms with E-state index in [0.29, 0.717) is 11.5 Å². The number of aryl methyl sites for hydroxylation is 1. The lowest BCUT2D eigenvalue weighted by Gasteiger charge is -2.05. The molecule has 0 fully saturated rings. The highest BCUT2D eigenvalue weighted by molar-refractivity contribution is 5.83. The van der Waals surface area contributed by atoms with Gasteiger partial charge in [0, 0.05) is 12.8 Å². The van der Waals surface area contributed by atoms with Gasteiger partial charge < -0.3 is 0 Å². The van der Waals surface area contributed by atoms with Gasteiger partial charge in [-0.2, -0.15) is 0 Å². The number of carbonyl (C=O) groups is 1. The van der Waals surface area contributed by atoms with Gasteiger partial charge in [0.2, 0.25) is 0 Å². The van der Waals surface area contributed by atoms with E-state index in [2.05, 4.69) is 24.2 Å². The molecule has 0 bridgehead atoms. The highest BCUT2D eigenvalue weighted by Gasteiger charge is 2.09. The number of ketones is 1. The monoisotopic (exact) mass is 365 g/mol. The van der Waals surface area contributed by atoms with E-state index in [0.717, 1.165) is 29.8 Å². The maximum Gasteiger partial charge on any atom is 0.141 e. The Kier molecular flexibility index (Phi) is 6.12. The lowest BCUT2D eigenvalue weighted by molar-refractivity contribution is -0.117.